The molecule has 6 heteroatoms. The van der Waals surface area contributed by atoms with Crippen LogP contribution in [0.5, 0.6) is 0 Å². The molecule has 16 heavy (non-hydrogen) atoms. The summed E-state index contributed by atoms with van der Waals surface area (Å²) in [6.07, 6.45) is 0.723. The molecule has 2 rings (SSSR count). The number of aromatic nitrogens is 2. The molecule has 0 aromatic carbocycles. The van der Waals surface area contributed by atoms with Crippen LogP contribution in [-0.4, -0.2) is 26.8 Å². The lowest BCUT2D eigenvalue weighted by Gasteiger charge is -2.12. The summed E-state index contributed by atoms with van der Waals surface area (Å²) < 4.78 is 11.8. The third-order valence-corrected chi connectivity index (χ3v) is 3.97. The topological polar surface area (TPSA) is 60.9 Å². The van der Waals surface area contributed by atoms with Gasteiger partial charge in [-0.15, -0.1) is 0 Å². The number of hydrogen-bond acceptors (Lipinski definition) is 4. The van der Waals surface area contributed by atoms with Crippen LogP contribution in [0.4, 0.5) is 5.82 Å². The zero-order valence-corrected chi connectivity index (χ0v) is 10.9. The SMILES string of the molecule is CC(C)CNc1nc(Cl)nc2c1[S+]([O-])CC2. The molecule has 0 saturated carbocycles. The third kappa shape index (κ3) is 2.42. The molecule has 0 spiro atoms. The Balaban J connectivity index is 2.29. The van der Waals surface area contributed by atoms with Gasteiger partial charge in [-0.25, -0.2) is 4.98 Å². The Labute approximate surface area is 103 Å². The Bertz CT molecular complexity index is 400. The second-order valence-electron chi connectivity index (χ2n) is 4.19. The molecule has 0 amide bonds. The van der Waals surface area contributed by atoms with Gasteiger partial charge < -0.3 is 9.87 Å². The van der Waals surface area contributed by atoms with E-state index in [1.165, 1.54) is 0 Å². The molecule has 1 N–H and O–H groups in total. The van der Waals surface area contributed by atoms with Crippen molar-refractivity contribution in [1.82, 2.24) is 9.97 Å². The van der Waals surface area contributed by atoms with Gasteiger partial charge in [0, 0.05) is 13.0 Å². The first-order valence-electron chi connectivity index (χ1n) is 5.26. The van der Waals surface area contributed by atoms with Crippen LogP contribution < -0.4 is 5.32 Å². The average molecular weight is 260 g/mol. The molecule has 1 aromatic heterocycles. The summed E-state index contributed by atoms with van der Waals surface area (Å²) in [4.78, 5) is 8.97. The summed E-state index contributed by atoms with van der Waals surface area (Å²) in [7, 11) is 0. The third-order valence-electron chi connectivity index (χ3n) is 2.34. The van der Waals surface area contributed by atoms with Crippen LogP contribution in [0.3, 0.4) is 0 Å². The summed E-state index contributed by atoms with van der Waals surface area (Å²) in [6.45, 7) is 5.00. The summed E-state index contributed by atoms with van der Waals surface area (Å²) in [5.41, 5.74) is 0.824. The molecular weight excluding hydrogens is 246 g/mol. The van der Waals surface area contributed by atoms with E-state index in [-0.39, 0.29) is 5.28 Å². The van der Waals surface area contributed by atoms with E-state index in [2.05, 4.69) is 29.1 Å². The Morgan fingerprint density at radius 2 is 2.25 bits per heavy atom. The molecule has 4 nitrogen and oxygen atoms in total. The van der Waals surface area contributed by atoms with Crippen molar-refractivity contribution in [3.8, 4) is 0 Å². The van der Waals surface area contributed by atoms with Crippen LogP contribution in [0.15, 0.2) is 4.90 Å². The number of anilines is 1. The Kier molecular flexibility index (Phi) is 3.56. The zero-order chi connectivity index (χ0) is 11.7. The first-order valence-corrected chi connectivity index (χ1v) is 6.96. The second kappa shape index (κ2) is 4.77. The predicted octanol–water partition coefficient (Wildman–Crippen LogP) is 1.86. The first-order chi connectivity index (χ1) is 7.58. The highest BCUT2D eigenvalue weighted by molar-refractivity contribution is 7.91. The van der Waals surface area contributed by atoms with Crippen molar-refractivity contribution < 1.29 is 4.55 Å². The summed E-state index contributed by atoms with van der Waals surface area (Å²) >= 11 is 4.85. The molecule has 1 aromatic rings. The molecule has 88 valence electrons. The van der Waals surface area contributed by atoms with Gasteiger partial charge in [0.05, 0.1) is 0 Å². The van der Waals surface area contributed by atoms with Crippen molar-refractivity contribution in [2.45, 2.75) is 25.2 Å². The minimum Gasteiger partial charge on any atom is -0.611 e. The van der Waals surface area contributed by atoms with Gasteiger partial charge in [-0.1, -0.05) is 13.8 Å². The Morgan fingerprint density at radius 1 is 1.50 bits per heavy atom. The molecule has 1 unspecified atom stereocenters. The fourth-order valence-corrected chi connectivity index (χ4v) is 3.10. The maximum atomic E-state index is 11.8. The number of aryl methyl sites for hydroxylation is 1. The second-order valence-corrected chi connectivity index (χ2v) is 6.04. The summed E-state index contributed by atoms with van der Waals surface area (Å²) in [5.74, 6) is 1.76. The fourth-order valence-electron chi connectivity index (χ4n) is 1.59. The lowest BCUT2D eigenvalue weighted by Crippen LogP contribution is -2.13. The first kappa shape index (κ1) is 12.0. The quantitative estimate of drug-likeness (QED) is 0.665. The molecule has 0 aliphatic carbocycles. The van der Waals surface area contributed by atoms with Crippen LogP contribution in [0.1, 0.15) is 19.5 Å². The van der Waals surface area contributed by atoms with E-state index in [1.807, 2.05) is 0 Å². The van der Waals surface area contributed by atoms with Crippen molar-refractivity contribution in [3.63, 3.8) is 0 Å². The van der Waals surface area contributed by atoms with Gasteiger partial charge in [0.25, 0.3) is 0 Å². The van der Waals surface area contributed by atoms with Crippen molar-refractivity contribution in [2.24, 2.45) is 5.92 Å². The van der Waals surface area contributed by atoms with Crippen molar-refractivity contribution >= 4 is 28.6 Å². The van der Waals surface area contributed by atoms with E-state index in [0.29, 0.717) is 17.5 Å². The summed E-state index contributed by atoms with van der Waals surface area (Å²) in [6, 6.07) is 0. The molecule has 2 heterocycles. The van der Waals surface area contributed by atoms with Crippen LogP contribution in [0.2, 0.25) is 5.28 Å². The van der Waals surface area contributed by atoms with E-state index in [9.17, 15) is 4.55 Å². The van der Waals surface area contributed by atoms with Crippen LogP contribution in [0, 0.1) is 5.92 Å². The molecule has 1 aliphatic rings. The van der Waals surface area contributed by atoms with Crippen LogP contribution in [0.25, 0.3) is 0 Å². The molecule has 0 fully saturated rings. The van der Waals surface area contributed by atoms with E-state index < -0.39 is 11.2 Å². The number of halogens is 1. The maximum Gasteiger partial charge on any atom is 0.224 e. The maximum absolute atomic E-state index is 11.8. The smallest absolute Gasteiger partial charge is 0.224 e. The van der Waals surface area contributed by atoms with Gasteiger partial charge in [-0.2, -0.15) is 4.98 Å². The highest BCUT2D eigenvalue weighted by Crippen LogP contribution is 2.31. The minimum atomic E-state index is -0.978. The number of rotatable bonds is 3. The van der Waals surface area contributed by atoms with Gasteiger partial charge >= 0.3 is 0 Å². The molecular formula is C10H14ClN3OS. The Morgan fingerprint density at radius 3 is 2.94 bits per heavy atom. The molecule has 1 atom stereocenters. The standard InChI is InChI=1S/C10H14ClN3OS/c1-6(2)5-12-9-8-7(3-4-16(8)15)13-10(11)14-9/h6H,3-5H2,1-2H3,(H,12,13,14). The van der Waals surface area contributed by atoms with Gasteiger partial charge in [-0.05, 0) is 28.7 Å². The number of nitrogens with one attached hydrogen (secondary N) is 1. The molecule has 1 aliphatic heterocycles. The fraction of sp³-hybridized carbons (Fsp3) is 0.600. The molecule has 0 saturated heterocycles. The monoisotopic (exact) mass is 259 g/mol. The molecule has 0 bridgehead atoms. The normalized spacial score (nSPS) is 18.9. The summed E-state index contributed by atoms with van der Waals surface area (Å²) in [5, 5.41) is 3.41. The van der Waals surface area contributed by atoms with Gasteiger partial charge in [0.2, 0.25) is 10.2 Å². The highest BCUT2D eigenvalue weighted by Gasteiger charge is 2.31. The Hall–Kier alpha value is -0.520. The zero-order valence-electron chi connectivity index (χ0n) is 9.29. The average Bonchev–Trinajstić information content (AvgIpc) is 2.56. The minimum absolute atomic E-state index is 0.226. The van der Waals surface area contributed by atoms with E-state index >= 15 is 0 Å². The number of hydrogen-bond donors (Lipinski definition) is 1. The van der Waals surface area contributed by atoms with Crippen LogP contribution >= 0.6 is 11.6 Å². The van der Waals surface area contributed by atoms with Crippen molar-refractivity contribution in [2.75, 3.05) is 17.6 Å². The number of nitrogens with zero attached hydrogens (tertiary/aromatic N) is 2. The lowest BCUT2D eigenvalue weighted by atomic mass is 10.2. The number of fused-ring (bicyclic) bond motifs is 1. The van der Waals surface area contributed by atoms with Gasteiger partial charge in [0.15, 0.2) is 5.82 Å². The van der Waals surface area contributed by atoms with Gasteiger partial charge in [-0.3, -0.25) is 0 Å². The van der Waals surface area contributed by atoms with Crippen LogP contribution in [-0.2, 0) is 17.6 Å². The van der Waals surface area contributed by atoms with E-state index in [4.69, 9.17) is 11.6 Å². The van der Waals surface area contributed by atoms with Gasteiger partial charge in [0.1, 0.15) is 11.4 Å². The van der Waals surface area contributed by atoms with E-state index in [0.717, 1.165) is 23.6 Å². The van der Waals surface area contributed by atoms with Crippen molar-refractivity contribution in [1.29, 1.82) is 0 Å². The largest absolute Gasteiger partial charge is 0.611 e. The highest BCUT2D eigenvalue weighted by atomic mass is 35.5. The van der Waals surface area contributed by atoms with E-state index in [1.54, 1.807) is 0 Å². The lowest BCUT2D eigenvalue weighted by molar-refractivity contribution is 0.598. The predicted molar refractivity (Wildman–Crippen MR) is 65.3 cm³/mol. The molecule has 0 radical (unpaired) electrons. The van der Waals surface area contributed by atoms with Crippen molar-refractivity contribution in [3.05, 3.63) is 11.0 Å².